The van der Waals surface area contributed by atoms with Gasteiger partial charge in [0.05, 0.1) is 0 Å². The highest BCUT2D eigenvalue weighted by Gasteiger charge is 2.12. The predicted octanol–water partition coefficient (Wildman–Crippen LogP) is 0.600. The maximum Gasteiger partial charge on any atom is 0.276 e. The van der Waals surface area contributed by atoms with Crippen LogP contribution in [0, 0.1) is 6.92 Å². The van der Waals surface area contributed by atoms with Crippen LogP contribution in [0.4, 0.5) is 0 Å². The number of carbonyl (C=O) groups is 1. The van der Waals surface area contributed by atoms with E-state index in [-0.39, 0.29) is 5.69 Å². The van der Waals surface area contributed by atoms with E-state index in [1.807, 2.05) is 0 Å². The van der Waals surface area contributed by atoms with Gasteiger partial charge in [-0.3, -0.25) is 4.79 Å². The van der Waals surface area contributed by atoms with E-state index in [2.05, 4.69) is 15.2 Å². The molecular weight excluding hydrogens is 204 g/mol. The van der Waals surface area contributed by atoms with Crippen LogP contribution in [0.15, 0.2) is 9.80 Å². The number of hydrogen-bond acceptors (Lipinski definition) is 6. The zero-order valence-corrected chi connectivity index (χ0v) is 8.04. The molecule has 7 heteroatoms. The molecule has 0 atom stereocenters. The van der Waals surface area contributed by atoms with E-state index in [1.165, 1.54) is 11.3 Å². The van der Waals surface area contributed by atoms with Gasteiger partial charge in [-0.15, -0.1) is 21.5 Å². The molecule has 14 heavy (non-hydrogen) atoms. The van der Waals surface area contributed by atoms with E-state index in [1.54, 1.807) is 12.3 Å². The lowest BCUT2D eigenvalue weighted by Gasteiger charge is -1.84. The van der Waals surface area contributed by atoms with Gasteiger partial charge < -0.3 is 10.2 Å². The van der Waals surface area contributed by atoms with E-state index in [0.717, 1.165) is 0 Å². The van der Waals surface area contributed by atoms with E-state index in [4.69, 9.17) is 10.2 Å². The van der Waals surface area contributed by atoms with Crippen molar-refractivity contribution in [3.8, 4) is 10.9 Å². The molecule has 0 saturated heterocycles. The third-order valence-corrected chi connectivity index (χ3v) is 2.30. The Kier molecular flexibility index (Phi) is 2.01. The third kappa shape index (κ3) is 1.49. The van der Waals surface area contributed by atoms with Gasteiger partial charge in [-0.05, 0) is 0 Å². The Morgan fingerprint density at radius 2 is 2.36 bits per heavy atom. The van der Waals surface area contributed by atoms with Crippen molar-refractivity contribution in [3.05, 3.63) is 17.0 Å². The number of aryl methyl sites for hydroxylation is 1. The number of carbonyl (C=O) groups excluding carboxylic acids is 1. The molecule has 0 spiro atoms. The zero-order chi connectivity index (χ0) is 10.1. The molecule has 0 aromatic carbocycles. The minimum absolute atomic E-state index is 0.209. The molecule has 2 aromatic heterocycles. The first-order valence-electron chi connectivity index (χ1n) is 3.72. The third-order valence-electron chi connectivity index (χ3n) is 1.47. The van der Waals surface area contributed by atoms with Crippen LogP contribution < -0.4 is 5.73 Å². The minimum Gasteiger partial charge on any atom is -0.419 e. The first-order chi connectivity index (χ1) is 6.66. The molecule has 2 rings (SSSR count). The van der Waals surface area contributed by atoms with Crippen LogP contribution >= 0.6 is 11.3 Å². The van der Waals surface area contributed by atoms with Gasteiger partial charge in [0.2, 0.25) is 5.89 Å². The number of aromatic nitrogens is 3. The molecule has 2 heterocycles. The summed E-state index contributed by atoms with van der Waals surface area (Å²) in [6, 6.07) is 0. The van der Waals surface area contributed by atoms with Crippen molar-refractivity contribution in [2.75, 3.05) is 0 Å². The number of hydrogen-bond donors (Lipinski definition) is 1. The molecule has 72 valence electrons. The van der Waals surface area contributed by atoms with Crippen LogP contribution in [-0.2, 0) is 0 Å². The molecular formula is C7H6N4O2S. The Labute approximate surface area is 82.8 Å². The highest BCUT2D eigenvalue weighted by Crippen LogP contribution is 2.21. The van der Waals surface area contributed by atoms with E-state index in [9.17, 15) is 4.79 Å². The maximum atomic E-state index is 10.8. The zero-order valence-electron chi connectivity index (χ0n) is 7.22. The lowest BCUT2D eigenvalue weighted by Crippen LogP contribution is -2.10. The maximum absolute atomic E-state index is 10.8. The molecule has 6 nitrogen and oxygen atoms in total. The topological polar surface area (TPSA) is 94.9 Å². The first-order valence-corrected chi connectivity index (χ1v) is 4.60. The number of thiazole rings is 1. The van der Waals surface area contributed by atoms with Crippen molar-refractivity contribution in [1.82, 2.24) is 15.2 Å². The highest BCUT2D eigenvalue weighted by atomic mass is 32.1. The fourth-order valence-corrected chi connectivity index (χ4v) is 1.59. The summed E-state index contributed by atoms with van der Waals surface area (Å²) in [7, 11) is 0. The van der Waals surface area contributed by atoms with Gasteiger partial charge in [0.25, 0.3) is 11.8 Å². The van der Waals surface area contributed by atoms with Crippen LogP contribution in [0.1, 0.15) is 16.4 Å². The minimum atomic E-state index is -0.566. The summed E-state index contributed by atoms with van der Waals surface area (Å²) in [4.78, 5) is 14.7. The number of nitrogens with two attached hydrogens (primary N) is 1. The summed E-state index contributed by atoms with van der Waals surface area (Å²) in [5.41, 5.74) is 5.26. The Morgan fingerprint density at radius 1 is 1.57 bits per heavy atom. The van der Waals surface area contributed by atoms with Gasteiger partial charge >= 0.3 is 0 Å². The van der Waals surface area contributed by atoms with E-state index >= 15 is 0 Å². The predicted molar refractivity (Wildman–Crippen MR) is 48.7 cm³/mol. The summed E-state index contributed by atoms with van der Waals surface area (Å²) < 4.78 is 5.14. The van der Waals surface area contributed by atoms with Crippen molar-refractivity contribution in [2.45, 2.75) is 6.92 Å². The van der Waals surface area contributed by atoms with Gasteiger partial charge in [0, 0.05) is 12.3 Å². The summed E-state index contributed by atoms with van der Waals surface area (Å²) >= 11 is 1.24. The fourth-order valence-electron chi connectivity index (χ4n) is 0.868. The molecule has 0 aliphatic rings. The first kappa shape index (κ1) is 8.82. The smallest absolute Gasteiger partial charge is 0.276 e. The Bertz CT molecular complexity index is 475. The fraction of sp³-hybridized carbons (Fsp3) is 0.143. The van der Waals surface area contributed by atoms with Crippen molar-refractivity contribution in [3.63, 3.8) is 0 Å². The summed E-state index contributed by atoms with van der Waals surface area (Å²) in [6.45, 7) is 1.68. The average Bonchev–Trinajstić information content (AvgIpc) is 2.70. The van der Waals surface area contributed by atoms with Gasteiger partial charge in [-0.1, -0.05) is 0 Å². The Balaban J connectivity index is 2.38. The summed E-state index contributed by atoms with van der Waals surface area (Å²) in [6.07, 6.45) is 0. The largest absolute Gasteiger partial charge is 0.419 e. The molecule has 0 aliphatic carbocycles. The van der Waals surface area contributed by atoms with Crippen LogP contribution in [0.2, 0.25) is 0 Å². The number of primary amides is 1. The second-order valence-electron chi connectivity index (χ2n) is 2.53. The second kappa shape index (κ2) is 3.18. The summed E-state index contributed by atoms with van der Waals surface area (Å²) in [5, 5.41) is 9.47. The molecule has 0 aliphatic heterocycles. The molecule has 0 saturated carbocycles. The molecule has 0 radical (unpaired) electrons. The van der Waals surface area contributed by atoms with Crippen molar-refractivity contribution in [2.24, 2.45) is 5.73 Å². The lowest BCUT2D eigenvalue weighted by atomic mass is 10.5. The SMILES string of the molecule is Cc1nnc(-c2nc(C(N)=O)cs2)o1. The molecule has 2 N–H and O–H groups in total. The van der Waals surface area contributed by atoms with Crippen molar-refractivity contribution in [1.29, 1.82) is 0 Å². The van der Waals surface area contributed by atoms with Crippen LogP contribution in [-0.4, -0.2) is 21.1 Å². The monoisotopic (exact) mass is 210 g/mol. The molecule has 0 unspecified atom stereocenters. The second-order valence-corrected chi connectivity index (χ2v) is 3.39. The van der Waals surface area contributed by atoms with E-state index < -0.39 is 5.91 Å². The number of amides is 1. The van der Waals surface area contributed by atoms with Crippen LogP contribution in [0.25, 0.3) is 10.9 Å². The lowest BCUT2D eigenvalue weighted by molar-refractivity contribution is 0.0996. The van der Waals surface area contributed by atoms with Crippen molar-refractivity contribution >= 4 is 17.2 Å². The molecule has 0 fully saturated rings. The van der Waals surface area contributed by atoms with Gasteiger partial charge in [0.1, 0.15) is 5.69 Å². The van der Waals surface area contributed by atoms with Crippen LogP contribution in [0.3, 0.4) is 0 Å². The van der Waals surface area contributed by atoms with Crippen LogP contribution in [0.5, 0.6) is 0 Å². The Morgan fingerprint density at radius 3 is 2.86 bits per heavy atom. The molecule has 2 aromatic rings. The van der Waals surface area contributed by atoms with Gasteiger partial charge in [-0.2, -0.15) is 0 Å². The Hall–Kier alpha value is -1.76. The van der Waals surface area contributed by atoms with Crippen molar-refractivity contribution < 1.29 is 9.21 Å². The van der Waals surface area contributed by atoms with Gasteiger partial charge in [-0.25, -0.2) is 4.98 Å². The normalized spacial score (nSPS) is 10.4. The highest BCUT2D eigenvalue weighted by molar-refractivity contribution is 7.13. The molecule has 1 amide bonds. The van der Waals surface area contributed by atoms with Gasteiger partial charge in [0.15, 0.2) is 5.01 Å². The van der Waals surface area contributed by atoms with E-state index in [0.29, 0.717) is 16.8 Å². The summed E-state index contributed by atoms with van der Waals surface area (Å²) in [5.74, 6) is 0.194. The average molecular weight is 210 g/mol. The number of nitrogens with zero attached hydrogens (tertiary/aromatic N) is 3. The quantitative estimate of drug-likeness (QED) is 0.783. The standard InChI is InChI=1S/C7H6N4O2S/c1-3-10-11-6(13-3)7-9-4(2-14-7)5(8)12/h2H,1H3,(H2,8,12). The molecule has 0 bridgehead atoms. The number of rotatable bonds is 2.